The average Bonchev–Trinajstić information content (AvgIpc) is 2.61. The lowest BCUT2D eigenvalue weighted by Crippen LogP contribution is -2.14. The number of thioether (sulfide) groups is 1. The van der Waals surface area contributed by atoms with Crippen LogP contribution in [0.1, 0.15) is 44.3 Å². The average molecular weight is 225 g/mol. The van der Waals surface area contributed by atoms with Crippen molar-refractivity contribution in [1.82, 2.24) is 14.8 Å². The predicted molar refractivity (Wildman–Crippen MR) is 63.2 cm³/mol. The molecule has 1 fully saturated rings. The topological polar surface area (TPSA) is 30.7 Å². The van der Waals surface area contributed by atoms with E-state index < -0.39 is 0 Å². The molecule has 1 aromatic rings. The van der Waals surface area contributed by atoms with E-state index in [1.807, 2.05) is 18.0 Å². The summed E-state index contributed by atoms with van der Waals surface area (Å²) in [6.07, 6.45) is 7.27. The number of rotatable bonds is 2. The second kappa shape index (κ2) is 4.56. The molecule has 0 amide bonds. The van der Waals surface area contributed by atoms with E-state index in [1.165, 1.54) is 31.5 Å². The van der Waals surface area contributed by atoms with Gasteiger partial charge in [-0.15, -0.1) is 5.10 Å². The summed E-state index contributed by atoms with van der Waals surface area (Å²) in [5.74, 6) is 2.72. The summed E-state index contributed by atoms with van der Waals surface area (Å²) in [4.78, 5) is 4.59. The van der Waals surface area contributed by atoms with Gasteiger partial charge in [-0.1, -0.05) is 31.5 Å². The van der Waals surface area contributed by atoms with Gasteiger partial charge in [0.05, 0.1) is 0 Å². The van der Waals surface area contributed by atoms with E-state index in [-0.39, 0.29) is 0 Å². The lowest BCUT2D eigenvalue weighted by Gasteiger charge is -2.25. The number of aryl methyl sites for hydroxylation is 1. The van der Waals surface area contributed by atoms with Gasteiger partial charge in [-0.05, 0) is 25.0 Å². The molecule has 1 heterocycles. The maximum absolute atomic E-state index is 4.59. The van der Waals surface area contributed by atoms with Crippen LogP contribution in [0.3, 0.4) is 0 Å². The summed E-state index contributed by atoms with van der Waals surface area (Å²) in [5, 5.41) is 5.30. The molecular weight excluding hydrogens is 206 g/mol. The highest BCUT2D eigenvalue weighted by atomic mass is 32.2. The zero-order chi connectivity index (χ0) is 10.8. The van der Waals surface area contributed by atoms with Crippen molar-refractivity contribution in [2.45, 2.75) is 43.7 Å². The van der Waals surface area contributed by atoms with Crippen molar-refractivity contribution in [2.24, 2.45) is 13.0 Å². The molecule has 0 aromatic carbocycles. The van der Waals surface area contributed by atoms with Crippen molar-refractivity contribution < 1.29 is 0 Å². The Kier molecular flexibility index (Phi) is 3.34. The Hall–Kier alpha value is -0.510. The summed E-state index contributed by atoms with van der Waals surface area (Å²) in [6.45, 7) is 2.35. The number of hydrogen-bond acceptors (Lipinski definition) is 3. The van der Waals surface area contributed by atoms with Gasteiger partial charge in [-0.2, -0.15) is 0 Å². The highest BCUT2D eigenvalue weighted by molar-refractivity contribution is 7.98. The molecule has 1 aromatic heterocycles. The van der Waals surface area contributed by atoms with E-state index >= 15 is 0 Å². The normalized spacial score (nSPS) is 26.9. The molecule has 1 saturated carbocycles. The number of hydrogen-bond donors (Lipinski definition) is 0. The molecule has 0 unspecified atom stereocenters. The van der Waals surface area contributed by atoms with Crippen molar-refractivity contribution >= 4 is 11.8 Å². The van der Waals surface area contributed by atoms with Crippen LogP contribution in [0.2, 0.25) is 0 Å². The predicted octanol–water partition coefficient (Wildman–Crippen LogP) is 2.83. The highest BCUT2D eigenvalue weighted by Gasteiger charge is 2.23. The third-order valence-electron chi connectivity index (χ3n) is 3.34. The monoisotopic (exact) mass is 225 g/mol. The molecule has 1 aliphatic rings. The van der Waals surface area contributed by atoms with E-state index in [9.17, 15) is 0 Å². The molecule has 2 rings (SSSR count). The van der Waals surface area contributed by atoms with Crippen LogP contribution in [0.4, 0.5) is 0 Å². The van der Waals surface area contributed by atoms with Crippen LogP contribution in [-0.2, 0) is 7.05 Å². The van der Waals surface area contributed by atoms with Crippen molar-refractivity contribution in [2.75, 3.05) is 6.26 Å². The van der Waals surface area contributed by atoms with Crippen LogP contribution in [-0.4, -0.2) is 21.0 Å². The van der Waals surface area contributed by atoms with Gasteiger partial charge in [0, 0.05) is 13.0 Å². The Morgan fingerprint density at radius 2 is 1.93 bits per heavy atom. The number of nitrogens with zero attached hydrogens (tertiary/aromatic N) is 3. The summed E-state index contributed by atoms with van der Waals surface area (Å²) in [7, 11) is 2.01. The second-order valence-corrected chi connectivity index (χ2v) is 5.31. The molecule has 0 N–H and O–H groups in total. The minimum Gasteiger partial charge on any atom is -0.252 e. The van der Waals surface area contributed by atoms with Crippen molar-refractivity contribution in [3.8, 4) is 0 Å². The molecule has 0 saturated heterocycles. The molecular formula is C11H19N3S. The van der Waals surface area contributed by atoms with Gasteiger partial charge in [0.15, 0.2) is 0 Å². The lowest BCUT2D eigenvalue weighted by atomic mass is 9.82. The van der Waals surface area contributed by atoms with Gasteiger partial charge >= 0.3 is 0 Å². The van der Waals surface area contributed by atoms with E-state index in [2.05, 4.69) is 17.0 Å². The van der Waals surface area contributed by atoms with Gasteiger partial charge in [0.25, 0.3) is 0 Å². The first kappa shape index (κ1) is 11.0. The fraction of sp³-hybridized carbons (Fsp3) is 0.818. The van der Waals surface area contributed by atoms with E-state index in [4.69, 9.17) is 0 Å². The van der Waals surface area contributed by atoms with Crippen LogP contribution >= 0.6 is 11.8 Å². The van der Waals surface area contributed by atoms with E-state index in [1.54, 1.807) is 11.8 Å². The molecule has 0 radical (unpaired) electrons. The first-order chi connectivity index (χ1) is 7.20. The van der Waals surface area contributed by atoms with Crippen molar-refractivity contribution in [1.29, 1.82) is 0 Å². The third kappa shape index (κ3) is 2.36. The van der Waals surface area contributed by atoms with E-state index in [0.717, 1.165) is 11.1 Å². The Morgan fingerprint density at radius 1 is 1.27 bits per heavy atom. The van der Waals surface area contributed by atoms with Crippen LogP contribution < -0.4 is 0 Å². The van der Waals surface area contributed by atoms with Gasteiger partial charge in [-0.25, -0.2) is 4.98 Å². The minimum absolute atomic E-state index is 0.639. The SMILES string of the molecule is CSc1nc(C2CCC(C)CC2)n(C)n1. The third-order valence-corrected chi connectivity index (χ3v) is 3.88. The first-order valence-electron chi connectivity index (χ1n) is 5.65. The fourth-order valence-electron chi connectivity index (χ4n) is 2.33. The van der Waals surface area contributed by atoms with Crippen molar-refractivity contribution in [3.63, 3.8) is 0 Å². The van der Waals surface area contributed by atoms with Crippen molar-refractivity contribution in [3.05, 3.63) is 5.82 Å². The highest BCUT2D eigenvalue weighted by Crippen LogP contribution is 2.34. The summed E-state index contributed by atoms with van der Waals surface area (Å²) in [6, 6.07) is 0. The van der Waals surface area contributed by atoms with Gasteiger partial charge in [0.2, 0.25) is 5.16 Å². The fourth-order valence-corrected chi connectivity index (χ4v) is 2.72. The standard InChI is InChI=1S/C11H19N3S/c1-8-4-6-9(7-5-8)10-12-11(15-3)13-14(10)2/h8-9H,4-7H2,1-3H3. The molecule has 15 heavy (non-hydrogen) atoms. The minimum atomic E-state index is 0.639. The Morgan fingerprint density at radius 3 is 2.47 bits per heavy atom. The molecule has 0 aliphatic heterocycles. The van der Waals surface area contributed by atoms with Crippen LogP contribution in [0.5, 0.6) is 0 Å². The maximum Gasteiger partial charge on any atom is 0.208 e. The zero-order valence-electron chi connectivity index (χ0n) is 9.73. The Labute approximate surface area is 95.7 Å². The van der Waals surface area contributed by atoms with Gasteiger partial charge in [-0.3, -0.25) is 4.68 Å². The molecule has 3 nitrogen and oxygen atoms in total. The molecule has 4 heteroatoms. The zero-order valence-corrected chi connectivity index (χ0v) is 10.5. The molecule has 0 bridgehead atoms. The second-order valence-electron chi connectivity index (χ2n) is 4.54. The number of aromatic nitrogens is 3. The smallest absolute Gasteiger partial charge is 0.208 e. The largest absolute Gasteiger partial charge is 0.252 e. The molecule has 84 valence electrons. The Bertz CT molecular complexity index is 327. The molecule has 0 atom stereocenters. The van der Waals surface area contributed by atoms with Crippen LogP contribution in [0, 0.1) is 5.92 Å². The summed E-state index contributed by atoms with van der Waals surface area (Å²) in [5.41, 5.74) is 0. The first-order valence-corrected chi connectivity index (χ1v) is 6.88. The lowest BCUT2D eigenvalue weighted by molar-refractivity contribution is 0.334. The summed E-state index contributed by atoms with van der Waals surface area (Å²) < 4.78 is 1.96. The van der Waals surface area contributed by atoms with Gasteiger partial charge in [0.1, 0.15) is 5.82 Å². The maximum atomic E-state index is 4.59. The van der Waals surface area contributed by atoms with Gasteiger partial charge < -0.3 is 0 Å². The quantitative estimate of drug-likeness (QED) is 0.725. The van der Waals surface area contributed by atoms with Crippen LogP contribution in [0.25, 0.3) is 0 Å². The Balaban J connectivity index is 2.11. The van der Waals surface area contributed by atoms with Crippen LogP contribution in [0.15, 0.2) is 5.16 Å². The molecule has 0 spiro atoms. The summed E-state index contributed by atoms with van der Waals surface area (Å²) >= 11 is 1.63. The van der Waals surface area contributed by atoms with E-state index in [0.29, 0.717) is 5.92 Å². The molecule has 1 aliphatic carbocycles.